The van der Waals surface area contributed by atoms with Gasteiger partial charge in [-0.15, -0.1) is 0 Å². The Balaban J connectivity index is 1.83. The van der Waals surface area contributed by atoms with Gasteiger partial charge in [0.2, 0.25) is 0 Å². The summed E-state index contributed by atoms with van der Waals surface area (Å²) in [5.41, 5.74) is 1.32. The van der Waals surface area contributed by atoms with Crippen molar-refractivity contribution in [3.63, 3.8) is 0 Å². The van der Waals surface area contributed by atoms with Gasteiger partial charge in [-0.05, 0) is 44.1 Å². The molecule has 0 spiro atoms. The van der Waals surface area contributed by atoms with Crippen molar-refractivity contribution >= 4 is 0 Å². The van der Waals surface area contributed by atoms with E-state index in [9.17, 15) is 0 Å². The summed E-state index contributed by atoms with van der Waals surface area (Å²) in [6.07, 6.45) is 6.04. The van der Waals surface area contributed by atoms with Gasteiger partial charge in [0.05, 0.1) is 6.61 Å². The molecule has 2 unspecified atom stereocenters. The molecule has 20 heavy (non-hydrogen) atoms. The molecule has 112 valence electrons. The molecule has 4 heteroatoms. The van der Waals surface area contributed by atoms with E-state index in [0.717, 1.165) is 39.3 Å². The van der Waals surface area contributed by atoms with E-state index >= 15 is 0 Å². The lowest BCUT2D eigenvalue weighted by molar-refractivity contribution is 0.0189. The Kier molecular flexibility index (Phi) is 6.43. The molecule has 0 bridgehead atoms. The molecule has 1 aromatic rings. The third kappa shape index (κ3) is 4.85. The molecule has 0 aliphatic carbocycles. The van der Waals surface area contributed by atoms with Crippen molar-refractivity contribution in [3.8, 4) is 0 Å². The summed E-state index contributed by atoms with van der Waals surface area (Å²) in [7, 11) is 2.19. The van der Waals surface area contributed by atoms with Crippen molar-refractivity contribution in [1.82, 2.24) is 15.2 Å². The van der Waals surface area contributed by atoms with E-state index in [0.29, 0.717) is 12.0 Å². The Bertz CT molecular complexity index is 371. The molecule has 1 saturated heterocycles. The molecule has 1 fully saturated rings. The molecule has 0 aromatic carbocycles. The molecule has 1 aromatic heterocycles. The van der Waals surface area contributed by atoms with Gasteiger partial charge in [0, 0.05) is 44.0 Å². The van der Waals surface area contributed by atoms with Crippen molar-refractivity contribution in [2.24, 2.45) is 5.92 Å². The van der Waals surface area contributed by atoms with Gasteiger partial charge in [-0.1, -0.05) is 6.92 Å². The first kappa shape index (κ1) is 15.4. The summed E-state index contributed by atoms with van der Waals surface area (Å²) in [4.78, 5) is 6.45. The van der Waals surface area contributed by atoms with Crippen LogP contribution in [0.2, 0.25) is 0 Å². The third-order valence-corrected chi connectivity index (χ3v) is 3.88. The number of pyridine rings is 1. The maximum atomic E-state index is 5.67. The summed E-state index contributed by atoms with van der Waals surface area (Å²) in [5.74, 6) is 0.585. The topological polar surface area (TPSA) is 37.4 Å². The number of aromatic nitrogens is 1. The van der Waals surface area contributed by atoms with E-state index in [1.165, 1.54) is 12.0 Å². The first-order chi connectivity index (χ1) is 9.79. The van der Waals surface area contributed by atoms with Gasteiger partial charge >= 0.3 is 0 Å². The van der Waals surface area contributed by atoms with E-state index in [4.69, 9.17) is 4.74 Å². The maximum Gasteiger partial charge on any atom is 0.0521 e. The van der Waals surface area contributed by atoms with Crippen LogP contribution in [-0.4, -0.2) is 49.3 Å². The molecule has 1 N–H and O–H groups in total. The molecular formula is C16H27N3O. The monoisotopic (exact) mass is 277 g/mol. The first-order valence-electron chi connectivity index (χ1n) is 7.68. The van der Waals surface area contributed by atoms with Crippen LogP contribution in [0.1, 0.15) is 25.3 Å². The van der Waals surface area contributed by atoms with Crippen molar-refractivity contribution in [2.75, 3.05) is 33.4 Å². The highest BCUT2D eigenvalue weighted by Crippen LogP contribution is 2.17. The third-order valence-electron chi connectivity index (χ3n) is 3.88. The number of ether oxygens (including phenoxy) is 1. The summed E-state index contributed by atoms with van der Waals surface area (Å²) < 4.78 is 5.67. The Labute approximate surface area is 122 Å². The second-order valence-corrected chi connectivity index (χ2v) is 5.74. The van der Waals surface area contributed by atoms with Crippen LogP contribution in [0.15, 0.2) is 24.5 Å². The van der Waals surface area contributed by atoms with E-state index in [1.807, 2.05) is 12.4 Å². The van der Waals surface area contributed by atoms with Gasteiger partial charge in [0.1, 0.15) is 0 Å². The van der Waals surface area contributed by atoms with E-state index in [-0.39, 0.29) is 0 Å². The van der Waals surface area contributed by atoms with Crippen LogP contribution in [0.3, 0.4) is 0 Å². The predicted octanol–water partition coefficient (Wildman–Crippen LogP) is 1.92. The van der Waals surface area contributed by atoms with Crippen LogP contribution < -0.4 is 5.32 Å². The average Bonchev–Trinajstić information content (AvgIpc) is 2.47. The highest BCUT2D eigenvalue weighted by Gasteiger charge is 2.26. The molecule has 0 radical (unpaired) electrons. The lowest BCUT2D eigenvalue weighted by Gasteiger charge is -2.35. The standard InChI is InChI=1S/C16H27N3O/c1-3-7-18-16-6-10-20-13-15(16)12-19(2)11-14-4-8-17-9-5-14/h4-5,8-9,15-16,18H,3,6-7,10-13H2,1-2H3. The zero-order valence-electron chi connectivity index (χ0n) is 12.7. The van der Waals surface area contributed by atoms with Gasteiger partial charge in [-0.2, -0.15) is 0 Å². The fraction of sp³-hybridized carbons (Fsp3) is 0.688. The second-order valence-electron chi connectivity index (χ2n) is 5.74. The van der Waals surface area contributed by atoms with Crippen molar-refractivity contribution in [3.05, 3.63) is 30.1 Å². The molecule has 1 aliphatic heterocycles. The Hall–Kier alpha value is -0.970. The van der Waals surface area contributed by atoms with Crippen LogP contribution in [0.4, 0.5) is 0 Å². The van der Waals surface area contributed by atoms with Crippen molar-refractivity contribution < 1.29 is 4.74 Å². The minimum atomic E-state index is 0.585. The number of nitrogens with zero attached hydrogens (tertiary/aromatic N) is 2. The minimum absolute atomic E-state index is 0.585. The van der Waals surface area contributed by atoms with Crippen LogP contribution in [0, 0.1) is 5.92 Å². The van der Waals surface area contributed by atoms with Gasteiger partial charge in [0.25, 0.3) is 0 Å². The zero-order chi connectivity index (χ0) is 14.2. The maximum absolute atomic E-state index is 5.67. The molecule has 2 rings (SSSR count). The Morgan fingerprint density at radius 3 is 2.95 bits per heavy atom. The molecule has 2 atom stereocenters. The number of hydrogen-bond acceptors (Lipinski definition) is 4. The summed E-state index contributed by atoms with van der Waals surface area (Å²) >= 11 is 0. The van der Waals surface area contributed by atoms with Crippen molar-refractivity contribution in [2.45, 2.75) is 32.4 Å². The van der Waals surface area contributed by atoms with Gasteiger partial charge < -0.3 is 15.0 Å². The molecule has 4 nitrogen and oxygen atoms in total. The number of hydrogen-bond donors (Lipinski definition) is 1. The molecule has 1 aliphatic rings. The number of rotatable bonds is 7. The van der Waals surface area contributed by atoms with Crippen LogP contribution in [-0.2, 0) is 11.3 Å². The van der Waals surface area contributed by atoms with Gasteiger partial charge in [0.15, 0.2) is 0 Å². The second kappa shape index (κ2) is 8.35. The predicted molar refractivity (Wildman–Crippen MR) is 81.6 cm³/mol. The quantitative estimate of drug-likeness (QED) is 0.826. The minimum Gasteiger partial charge on any atom is -0.381 e. The lowest BCUT2D eigenvalue weighted by atomic mass is 9.95. The van der Waals surface area contributed by atoms with Crippen LogP contribution in [0.25, 0.3) is 0 Å². The Morgan fingerprint density at radius 1 is 1.40 bits per heavy atom. The Morgan fingerprint density at radius 2 is 2.20 bits per heavy atom. The highest BCUT2D eigenvalue weighted by atomic mass is 16.5. The van der Waals surface area contributed by atoms with E-state index in [2.05, 4.69) is 41.3 Å². The zero-order valence-corrected chi connectivity index (χ0v) is 12.7. The van der Waals surface area contributed by atoms with E-state index in [1.54, 1.807) is 0 Å². The average molecular weight is 277 g/mol. The van der Waals surface area contributed by atoms with Crippen LogP contribution in [0.5, 0.6) is 0 Å². The van der Waals surface area contributed by atoms with Crippen LogP contribution >= 0.6 is 0 Å². The number of nitrogens with one attached hydrogen (secondary N) is 1. The van der Waals surface area contributed by atoms with Crippen molar-refractivity contribution in [1.29, 1.82) is 0 Å². The van der Waals surface area contributed by atoms with Gasteiger partial charge in [-0.25, -0.2) is 0 Å². The first-order valence-corrected chi connectivity index (χ1v) is 7.68. The summed E-state index contributed by atoms with van der Waals surface area (Å²) in [5, 5.41) is 3.67. The van der Waals surface area contributed by atoms with Gasteiger partial charge in [-0.3, -0.25) is 4.98 Å². The highest BCUT2D eigenvalue weighted by molar-refractivity contribution is 5.09. The summed E-state index contributed by atoms with van der Waals surface area (Å²) in [6.45, 7) is 7.14. The van der Waals surface area contributed by atoms with E-state index < -0.39 is 0 Å². The largest absolute Gasteiger partial charge is 0.381 e. The molecular weight excluding hydrogens is 250 g/mol. The smallest absolute Gasteiger partial charge is 0.0521 e. The fourth-order valence-electron chi connectivity index (χ4n) is 2.84. The molecule has 0 saturated carbocycles. The summed E-state index contributed by atoms with van der Waals surface area (Å²) in [6, 6.07) is 4.77. The normalized spacial score (nSPS) is 23.1. The fourth-order valence-corrected chi connectivity index (χ4v) is 2.84. The molecule has 2 heterocycles. The molecule has 0 amide bonds. The lowest BCUT2D eigenvalue weighted by Crippen LogP contribution is -2.47. The SMILES string of the molecule is CCCNC1CCOCC1CN(C)Cc1ccncc1.